The van der Waals surface area contributed by atoms with Crippen molar-refractivity contribution in [3.63, 3.8) is 0 Å². The average molecular weight is 243 g/mol. The SMILES string of the molecule is Oc1cccc2c(NC3CCOCC3)cccc12. The fourth-order valence-electron chi connectivity index (χ4n) is 2.48. The van der Waals surface area contributed by atoms with Gasteiger partial charge in [0.2, 0.25) is 0 Å². The Hall–Kier alpha value is -1.74. The molecule has 1 fully saturated rings. The minimum atomic E-state index is 0.336. The number of phenols is 1. The van der Waals surface area contributed by atoms with Crippen LogP contribution in [0.5, 0.6) is 5.75 Å². The molecule has 0 atom stereocenters. The maximum absolute atomic E-state index is 9.85. The second kappa shape index (κ2) is 4.86. The van der Waals surface area contributed by atoms with Crippen LogP contribution in [0.1, 0.15) is 12.8 Å². The number of aromatic hydroxyl groups is 1. The van der Waals surface area contributed by atoms with Gasteiger partial charge in [-0.15, -0.1) is 0 Å². The predicted octanol–water partition coefficient (Wildman–Crippen LogP) is 3.14. The van der Waals surface area contributed by atoms with Crippen molar-refractivity contribution in [3.05, 3.63) is 36.4 Å². The van der Waals surface area contributed by atoms with E-state index in [0.29, 0.717) is 11.8 Å². The number of phenolic OH excluding ortho intramolecular Hbond substituents is 1. The number of anilines is 1. The Morgan fingerprint density at radius 1 is 1.00 bits per heavy atom. The van der Waals surface area contributed by atoms with Crippen molar-refractivity contribution in [1.82, 2.24) is 0 Å². The predicted molar refractivity (Wildman–Crippen MR) is 73.1 cm³/mol. The quantitative estimate of drug-likeness (QED) is 0.851. The van der Waals surface area contributed by atoms with Crippen molar-refractivity contribution >= 4 is 16.5 Å². The van der Waals surface area contributed by atoms with Crippen molar-refractivity contribution in [2.75, 3.05) is 18.5 Å². The smallest absolute Gasteiger partial charge is 0.123 e. The molecule has 0 amide bonds. The van der Waals surface area contributed by atoms with Crippen LogP contribution in [0, 0.1) is 0 Å². The standard InChI is InChI=1S/C15H17NO2/c17-15-6-2-3-12-13(15)4-1-5-14(12)16-11-7-9-18-10-8-11/h1-6,11,16-17H,7-10H2. The Bertz CT molecular complexity index is 547. The van der Waals surface area contributed by atoms with Crippen LogP contribution in [0.4, 0.5) is 5.69 Å². The van der Waals surface area contributed by atoms with Crippen molar-refractivity contribution in [2.24, 2.45) is 0 Å². The molecule has 94 valence electrons. The number of fused-ring (bicyclic) bond motifs is 1. The summed E-state index contributed by atoms with van der Waals surface area (Å²) in [6.07, 6.45) is 2.07. The van der Waals surface area contributed by atoms with E-state index < -0.39 is 0 Å². The Labute approximate surface area is 106 Å². The van der Waals surface area contributed by atoms with Gasteiger partial charge in [0.1, 0.15) is 5.75 Å². The molecule has 18 heavy (non-hydrogen) atoms. The van der Waals surface area contributed by atoms with Gasteiger partial charge in [0.15, 0.2) is 0 Å². The topological polar surface area (TPSA) is 41.5 Å². The van der Waals surface area contributed by atoms with Gasteiger partial charge >= 0.3 is 0 Å². The zero-order valence-corrected chi connectivity index (χ0v) is 10.2. The number of rotatable bonds is 2. The molecule has 0 saturated carbocycles. The van der Waals surface area contributed by atoms with Crippen LogP contribution >= 0.6 is 0 Å². The monoisotopic (exact) mass is 243 g/mol. The van der Waals surface area contributed by atoms with E-state index in [1.165, 1.54) is 0 Å². The Morgan fingerprint density at radius 3 is 2.56 bits per heavy atom. The first kappa shape index (κ1) is 11.4. The summed E-state index contributed by atoms with van der Waals surface area (Å²) < 4.78 is 5.36. The highest BCUT2D eigenvalue weighted by atomic mass is 16.5. The molecular formula is C15H17NO2. The second-order valence-electron chi connectivity index (χ2n) is 4.71. The van der Waals surface area contributed by atoms with Crippen molar-refractivity contribution < 1.29 is 9.84 Å². The molecule has 1 aliphatic rings. The number of nitrogens with one attached hydrogen (secondary N) is 1. The molecule has 0 radical (unpaired) electrons. The minimum Gasteiger partial charge on any atom is -0.507 e. The van der Waals surface area contributed by atoms with Crippen molar-refractivity contribution in [3.8, 4) is 5.75 Å². The number of hydrogen-bond donors (Lipinski definition) is 2. The van der Waals surface area contributed by atoms with Gasteiger partial charge in [0.25, 0.3) is 0 Å². The van der Waals surface area contributed by atoms with E-state index in [0.717, 1.165) is 42.5 Å². The Balaban J connectivity index is 1.93. The highest BCUT2D eigenvalue weighted by Crippen LogP contribution is 2.30. The minimum absolute atomic E-state index is 0.336. The lowest BCUT2D eigenvalue weighted by Gasteiger charge is -2.24. The third-order valence-corrected chi connectivity index (χ3v) is 3.48. The first-order valence-corrected chi connectivity index (χ1v) is 6.39. The van der Waals surface area contributed by atoms with Gasteiger partial charge in [-0.25, -0.2) is 0 Å². The van der Waals surface area contributed by atoms with Crippen LogP contribution in [0.15, 0.2) is 36.4 Å². The summed E-state index contributed by atoms with van der Waals surface area (Å²) in [6, 6.07) is 12.1. The van der Waals surface area contributed by atoms with Crippen LogP contribution in [-0.2, 0) is 4.74 Å². The highest BCUT2D eigenvalue weighted by Gasteiger charge is 2.14. The van der Waals surface area contributed by atoms with Gasteiger partial charge < -0.3 is 15.2 Å². The lowest BCUT2D eigenvalue weighted by molar-refractivity contribution is 0.0905. The maximum Gasteiger partial charge on any atom is 0.123 e. The van der Waals surface area contributed by atoms with Crippen molar-refractivity contribution in [2.45, 2.75) is 18.9 Å². The van der Waals surface area contributed by atoms with E-state index in [1.807, 2.05) is 24.3 Å². The fourth-order valence-corrected chi connectivity index (χ4v) is 2.48. The Morgan fingerprint density at radius 2 is 1.72 bits per heavy atom. The molecule has 2 aromatic rings. The summed E-state index contributed by atoms with van der Waals surface area (Å²) in [5, 5.41) is 15.4. The van der Waals surface area contributed by atoms with Gasteiger partial charge in [0, 0.05) is 35.7 Å². The lowest BCUT2D eigenvalue weighted by atomic mass is 10.0. The second-order valence-corrected chi connectivity index (χ2v) is 4.71. The summed E-state index contributed by atoms with van der Waals surface area (Å²) >= 11 is 0. The molecule has 3 heteroatoms. The van der Waals surface area contributed by atoms with E-state index in [4.69, 9.17) is 4.74 Å². The fraction of sp³-hybridized carbons (Fsp3) is 0.333. The van der Waals surface area contributed by atoms with Gasteiger partial charge in [-0.05, 0) is 25.0 Å². The zero-order chi connectivity index (χ0) is 12.4. The molecule has 3 nitrogen and oxygen atoms in total. The van der Waals surface area contributed by atoms with Gasteiger partial charge in [-0.3, -0.25) is 0 Å². The Kier molecular flexibility index (Phi) is 3.07. The molecule has 3 rings (SSSR count). The number of benzene rings is 2. The highest BCUT2D eigenvalue weighted by molar-refractivity contribution is 5.97. The summed E-state index contributed by atoms with van der Waals surface area (Å²) in [5.41, 5.74) is 1.09. The first-order valence-electron chi connectivity index (χ1n) is 6.39. The molecular weight excluding hydrogens is 226 g/mol. The van der Waals surface area contributed by atoms with E-state index in [1.54, 1.807) is 6.07 Å². The molecule has 2 aromatic carbocycles. The first-order chi connectivity index (χ1) is 8.84. The molecule has 0 unspecified atom stereocenters. The molecule has 0 aromatic heterocycles. The molecule has 0 bridgehead atoms. The molecule has 1 aliphatic heterocycles. The molecule has 0 spiro atoms. The summed E-state index contributed by atoms with van der Waals surface area (Å²) in [5.74, 6) is 0.336. The third-order valence-electron chi connectivity index (χ3n) is 3.48. The zero-order valence-electron chi connectivity index (χ0n) is 10.2. The number of hydrogen-bond acceptors (Lipinski definition) is 3. The normalized spacial score (nSPS) is 16.9. The maximum atomic E-state index is 9.85. The average Bonchev–Trinajstić information content (AvgIpc) is 2.41. The largest absolute Gasteiger partial charge is 0.507 e. The number of ether oxygens (including phenoxy) is 1. The summed E-state index contributed by atoms with van der Waals surface area (Å²) in [7, 11) is 0. The van der Waals surface area contributed by atoms with Crippen LogP contribution in [0.25, 0.3) is 10.8 Å². The third kappa shape index (κ3) is 2.14. The van der Waals surface area contributed by atoms with Crippen molar-refractivity contribution in [1.29, 1.82) is 0 Å². The molecule has 1 saturated heterocycles. The van der Waals surface area contributed by atoms with E-state index in [2.05, 4.69) is 11.4 Å². The molecule has 1 heterocycles. The van der Waals surface area contributed by atoms with Gasteiger partial charge in [-0.1, -0.05) is 24.3 Å². The van der Waals surface area contributed by atoms with Crippen LogP contribution < -0.4 is 5.32 Å². The molecule has 2 N–H and O–H groups in total. The lowest BCUT2D eigenvalue weighted by Crippen LogP contribution is -2.27. The summed E-state index contributed by atoms with van der Waals surface area (Å²) in [6.45, 7) is 1.65. The van der Waals surface area contributed by atoms with Crippen LogP contribution in [0.3, 0.4) is 0 Å². The van der Waals surface area contributed by atoms with Crippen LogP contribution in [0.2, 0.25) is 0 Å². The summed E-state index contributed by atoms with van der Waals surface area (Å²) in [4.78, 5) is 0. The van der Waals surface area contributed by atoms with E-state index in [9.17, 15) is 5.11 Å². The molecule has 0 aliphatic carbocycles. The van der Waals surface area contributed by atoms with E-state index in [-0.39, 0.29) is 0 Å². The van der Waals surface area contributed by atoms with Gasteiger partial charge in [0.05, 0.1) is 0 Å². The van der Waals surface area contributed by atoms with Crippen LogP contribution in [-0.4, -0.2) is 24.4 Å². The van der Waals surface area contributed by atoms with E-state index >= 15 is 0 Å². The van der Waals surface area contributed by atoms with Gasteiger partial charge in [-0.2, -0.15) is 0 Å².